The van der Waals surface area contributed by atoms with E-state index < -0.39 is 22.0 Å². The number of rotatable bonds is 0. The quantitative estimate of drug-likeness (QED) is 0.384. The Hall–Kier alpha value is 2.63. The summed E-state index contributed by atoms with van der Waals surface area (Å²) in [5.41, 5.74) is 0. The third kappa shape index (κ3) is 37.1. The van der Waals surface area contributed by atoms with Gasteiger partial charge in [-0.15, -0.1) is 0 Å². The van der Waals surface area contributed by atoms with Crippen molar-refractivity contribution in [3.8, 4) is 0 Å². The second-order valence-corrected chi connectivity index (χ2v) is 1.27. The summed E-state index contributed by atoms with van der Waals surface area (Å²) < 4.78 is 11.4. The van der Waals surface area contributed by atoms with Gasteiger partial charge in [0, 0.05) is 0 Å². The standard InChI is InChI=1S/B3O6.3Na.8H2O/c4-1-7-2(5)9-3(6)8-1;;;;;;;;;;;/h;;;;8*1H2/q-3;3*+1;;;;;;;;. The molecule has 0 saturated carbocycles. The van der Waals surface area contributed by atoms with Crippen molar-refractivity contribution in [3.05, 3.63) is 0 Å². The molecule has 0 atom stereocenters. The predicted octanol–water partition coefficient (Wildman–Crippen LogP) is -20.5. The summed E-state index contributed by atoms with van der Waals surface area (Å²) in [7, 11) is -6.03. The van der Waals surface area contributed by atoms with Gasteiger partial charge in [-0.3, -0.25) is 0 Å². The van der Waals surface area contributed by atoms with Crippen LogP contribution in [-0.2, 0) is 13.7 Å². The molecule has 1 aliphatic rings. The molecule has 1 rings (SSSR count). The summed E-state index contributed by atoms with van der Waals surface area (Å²) >= 11 is 0. The van der Waals surface area contributed by atoms with Crippen molar-refractivity contribution in [2.24, 2.45) is 0 Å². The fourth-order valence-electron chi connectivity index (χ4n) is 0.368. The van der Waals surface area contributed by atoms with Crippen molar-refractivity contribution < 1.29 is 161 Å². The van der Waals surface area contributed by atoms with E-state index in [0.717, 1.165) is 0 Å². The molecular formula is H16B3Na3O14. The molecule has 0 aromatic carbocycles. The van der Waals surface area contributed by atoms with Crippen LogP contribution in [0.4, 0.5) is 0 Å². The summed E-state index contributed by atoms with van der Waals surface area (Å²) in [5, 5.41) is 30.1. The van der Waals surface area contributed by atoms with E-state index in [0.29, 0.717) is 0 Å². The first kappa shape index (κ1) is 78.3. The second kappa shape index (κ2) is 43.0. The molecule has 0 aromatic heterocycles. The van der Waals surface area contributed by atoms with Gasteiger partial charge in [0.15, 0.2) is 0 Å². The molecular weight excluding hydrogens is 325 g/mol. The van der Waals surface area contributed by atoms with Gasteiger partial charge in [0.05, 0.1) is 0 Å². The van der Waals surface area contributed by atoms with Crippen LogP contribution in [0.5, 0.6) is 0 Å². The van der Waals surface area contributed by atoms with Crippen molar-refractivity contribution in [3.63, 3.8) is 0 Å². The van der Waals surface area contributed by atoms with Gasteiger partial charge in [0.2, 0.25) is 0 Å². The first-order chi connectivity index (χ1) is 4.18. The summed E-state index contributed by atoms with van der Waals surface area (Å²) in [4.78, 5) is 0. The summed E-state index contributed by atoms with van der Waals surface area (Å²) in [5.74, 6) is 0. The van der Waals surface area contributed by atoms with E-state index in [2.05, 4.69) is 13.7 Å². The van der Waals surface area contributed by atoms with Gasteiger partial charge in [0.1, 0.15) is 0 Å². The molecule has 0 unspecified atom stereocenters. The Morgan fingerprint density at radius 3 is 0.600 bits per heavy atom. The SMILES string of the molecule is O.O.O.O.O.O.O.O.[Na+].[Na+].[Na+].[O-]B1OB([O-])OB([O-])O1. The van der Waals surface area contributed by atoms with E-state index in [-0.39, 0.29) is 132 Å². The van der Waals surface area contributed by atoms with Crippen molar-refractivity contribution in [1.29, 1.82) is 0 Å². The van der Waals surface area contributed by atoms with Gasteiger partial charge in [-0.2, -0.15) is 0 Å². The minimum absolute atomic E-state index is 0. The van der Waals surface area contributed by atoms with Gasteiger partial charge in [0.25, 0.3) is 0 Å². The zero-order valence-corrected chi connectivity index (χ0v) is 17.2. The average Bonchev–Trinajstić information content (AvgIpc) is 1.59. The topological polar surface area (TPSA) is 349 Å². The van der Waals surface area contributed by atoms with Crippen LogP contribution in [0.15, 0.2) is 0 Å². The van der Waals surface area contributed by atoms with Crippen LogP contribution in [0.1, 0.15) is 0 Å². The van der Waals surface area contributed by atoms with Crippen LogP contribution in [0.2, 0.25) is 0 Å². The zero-order chi connectivity index (χ0) is 6.85. The van der Waals surface area contributed by atoms with Crippen LogP contribution in [0, 0.1) is 0 Å². The van der Waals surface area contributed by atoms with Crippen molar-refractivity contribution in [2.75, 3.05) is 0 Å². The first-order valence-electron chi connectivity index (χ1n) is 2.12. The van der Waals surface area contributed by atoms with E-state index in [9.17, 15) is 15.1 Å². The Labute approximate surface area is 181 Å². The van der Waals surface area contributed by atoms with E-state index in [1.54, 1.807) is 0 Å². The Balaban J connectivity index is -0.00000000818. The molecule has 1 aliphatic heterocycles. The van der Waals surface area contributed by atoms with Crippen LogP contribution in [-0.4, -0.2) is 65.8 Å². The Morgan fingerprint density at radius 1 is 0.400 bits per heavy atom. The van der Waals surface area contributed by atoms with Crippen molar-refractivity contribution in [1.82, 2.24) is 0 Å². The van der Waals surface area contributed by atoms with Crippen LogP contribution in [0.25, 0.3) is 0 Å². The molecule has 1 heterocycles. The molecule has 0 amide bonds. The third-order valence-corrected chi connectivity index (χ3v) is 0.667. The summed E-state index contributed by atoms with van der Waals surface area (Å²) in [6.07, 6.45) is 0. The van der Waals surface area contributed by atoms with E-state index in [4.69, 9.17) is 0 Å². The maximum atomic E-state index is 10.0. The maximum Gasteiger partial charge on any atom is 1.00 e. The van der Waals surface area contributed by atoms with Gasteiger partial charge in [-0.05, 0) is 0 Å². The summed E-state index contributed by atoms with van der Waals surface area (Å²) in [6.45, 7) is 0. The molecule has 0 radical (unpaired) electrons. The molecule has 112 valence electrons. The molecule has 0 bridgehead atoms. The van der Waals surface area contributed by atoms with Gasteiger partial charge in [-0.25, -0.2) is 0 Å². The Morgan fingerprint density at radius 2 is 0.500 bits per heavy atom. The van der Waals surface area contributed by atoms with Crippen molar-refractivity contribution in [2.45, 2.75) is 0 Å². The molecule has 0 aromatic rings. The van der Waals surface area contributed by atoms with E-state index in [1.165, 1.54) is 0 Å². The molecule has 20 heteroatoms. The van der Waals surface area contributed by atoms with Gasteiger partial charge in [-0.1, -0.05) is 0 Å². The van der Waals surface area contributed by atoms with Gasteiger partial charge >= 0.3 is 111 Å². The first-order valence-corrected chi connectivity index (χ1v) is 2.12. The molecule has 14 nitrogen and oxygen atoms in total. The molecule has 1 fully saturated rings. The number of hydrogen-bond donors (Lipinski definition) is 0. The van der Waals surface area contributed by atoms with Gasteiger partial charge < -0.3 is 72.6 Å². The second-order valence-electron chi connectivity index (χ2n) is 1.27. The van der Waals surface area contributed by atoms with Crippen molar-refractivity contribution >= 4 is 22.0 Å². The van der Waals surface area contributed by atoms with E-state index >= 15 is 0 Å². The van der Waals surface area contributed by atoms with E-state index in [1.807, 2.05) is 0 Å². The molecule has 0 spiro atoms. The Bertz CT molecular complexity index is 84.6. The molecule has 0 aliphatic carbocycles. The van der Waals surface area contributed by atoms with Crippen LogP contribution >= 0.6 is 0 Å². The predicted molar refractivity (Wildman–Crippen MR) is 49.4 cm³/mol. The maximum absolute atomic E-state index is 10.0. The minimum Gasteiger partial charge on any atom is -0.833 e. The monoisotopic (exact) mass is 342 g/mol. The number of hydrogen-bond acceptors (Lipinski definition) is 6. The summed E-state index contributed by atoms with van der Waals surface area (Å²) in [6, 6.07) is 0. The molecule has 20 heavy (non-hydrogen) atoms. The van der Waals surface area contributed by atoms with Crippen LogP contribution in [0.3, 0.4) is 0 Å². The average molecular weight is 342 g/mol. The Kier molecular flexibility index (Phi) is 168. The zero-order valence-electron chi connectivity index (χ0n) is 11.2. The fraction of sp³-hybridized carbons (Fsp3) is 0. The molecule has 16 N–H and O–H groups in total. The van der Waals surface area contributed by atoms with Crippen LogP contribution < -0.4 is 104 Å². The largest absolute Gasteiger partial charge is 1.00 e. The minimum atomic E-state index is -2.01. The smallest absolute Gasteiger partial charge is 0.833 e. The normalized spacial score (nSPS) is 9.45. The fourth-order valence-corrected chi connectivity index (χ4v) is 0.368. The molecule has 1 saturated heterocycles. The third-order valence-electron chi connectivity index (χ3n) is 0.667.